The van der Waals surface area contributed by atoms with E-state index in [1.54, 1.807) is 20.8 Å². The predicted molar refractivity (Wildman–Crippen MR) is 262 cm³/mol. The lowest BCUT2D eigenvalue weighted by atomic mass is 9.87. The van der Waals surface area contributed by atoms with E-state index in [0.717, 1.165) is 70.6 Å². The molecule has 0 N–H and O–H groups in total. The first-order valence-corrected chi connectivity index (χ1v) is 27.9. The SMILES string of the molecule is CCC(C)(C)C(=O)OC1CCC2CC1OC2=O.CCC(C)(C)C(=O)OCC(=O)OC1C2CC3C(=O)OC1C3C2.CCC(C)C(=O)OC1CCC2CC1OC2=O.CCC(C)C(=O)OCC(=O)OC1C2CC3C(=O)OC1C3C2. The smallest absolute Gasteiger partial charge is 0.344 e. The summed E-state index contributed by atoms with van der Waals surface area (Å²) < 4.78 is 52.8. The van der Waals surface area contributed by atoms with Gasteiger partial charge in [0, 0.05) is 36.5 Å². The molecule has 4 aliphatic heterocycles. The Morgan fingerprint density at radius 3 is 1.37 bits per heavy atom. The quantitative estimate of drug-likeness (QED) is 0.122. The summed E-state index contributed by atoms with van der Waals surface area (Å²) in [6, 6.07) is 0. The minimum atomic E-state index is -0.610. The molecule has 6 saturated carbocycles. The van der Waals surface area contributed by atoms with Crippen molar-refractivity contribution < 1.29 is 95.3 Å². The second-order valence-corrected chi connectivity index (χ2v) is 23.9. The van der Waals surface area contributed by atoms with E-state index >= 15 is 0 Å². The van der Waals surface area contributed by atoms with E-state index in [9.17, 15) is 47.9 Å². The zero-order valence-corrected chi connectivity index (χ0v) is 45.9. The van der Waals surface area contributed by atoms with Crippen molar-refractivity contribution in [1.29, 1.82) is 0 Å². The first-order valence-electron chi connectivity index (χ1n) is 27.9. The first kappa shape index (κ1) is 58.4. The summed E-state index contributed by atoms with van der Waals surface area (Å²) in [6.07, 6.45) is 8.33. The van der Waals surface area contributed by atoms with Gasteiger partial charge in [-0.1, -0.05) is 41.5 Å². The molecule has 0 aromatic heterocycles. The summed E-state index contributed by atoms with van der Waals surface area (Å²) in [6.45, 7) is 17.8. The minimum absolute atomic E-state index is 0.00168. The van der Waals surface area contributed by atoms with E-state index in [1.165, 1.54) is 0 Å². The predicted octanol–water partition coefficient (Wildman–Crippen LogP) is 6.26. The van der Waals surface area contributed by atoms with Gasteiger partial charge in [0.1, 0.15) is 48.8 Å². The van der Waals surface area contributed by atoms with Crippen LogP contribution in [0, 0.1) is 70.0 Å². The molecule has 0 aromatic carbocycles. The molecule has 18 atom stereocenters. The van der Waals surface area contributed by atoms with Gasteiger partial charge in [-0.25, -0.2) is 9.59 Å². The van der Waals surface area contributed by atoms with Gasteiger partial charge in [-0.3, -0.25) is 38.4 Å². The monoisotopic (exact) mass is 1070 g/mol. The number of hydrogen-bond acceptors (Lipinski definition) is 20. The molecule has 4 heterocycles. The maximum absolute atomic E-state index is 12.0. The molecular weight excluding hydrogens is 993 g/mol. The second-order valence-electron chi connectivity index (χ2n) is 23.9. The van der Waals surface area contributed by atoms with Gasteiger partial charge in [0.25, 0.3) is 0 Å². The Hall–Kier alpha value is -5.30. The van der Waals surface area contributed by atoms with Gasteiger partial charge in [0.15, 0.2) is 13.2 Å². The lowest BCUT2D eigenvalue weighted by Crippen LogP contribution is -2.37. The van der Waals surface area contributed by atoms with Crippen molar-refractivity contribution in [3.63, 3.8) is 0 Å². The third kappa shape index (κ3) is 12.8. The van der Waals surface area contributed by atoms with Gasteiger partial charge < -0.3 is 47.4 Å². The van der Waals surface area contributed by atoms with Crippen LogP contribution in [0.1, 0.15) is 159 Å². The fourth-order valence-electron chi connectivity index (χ4n) is 11.9. The molecule has 6 aliphatic carbocycles. The molecule has 424 valence electrons. The van der Waals surface area contributed by atoms with Crippen molar-refractivity contribution in [3.8, 4) is 0 Å². The Labute approximate surface area is 445 Å². The van der Waals surface area contributed by atoms with Crippen LogP contribution in [0.25, 0.3) is 0 Å². The molecule has 18 unspecified atom stereocenters. The lowest BCUT2D eigenvalue weighted by Gasteiger charge is -2.29. The topological polar surface area (TPSA) is 263 Å². The van der Waals surface area contributed by atoms with Gasteiger partial charge in [-0.05, 0) is 105 Å². The molecule has 0 aromatic rings. The molecule has 0 spiro atoms. The highest BCUT2D eigenvalue weighted by atomic mass is 16.6. The van der Waals surface area contributed by atoms with Crippen LogP contribution in [0.2, 0.25) is 0 Å². The highest BCUT2D eigenvalue weighted by Gasteiger charge is 2.64. The molecule has 8 bridgehead atoms. The average Bonchev–Trinajstić information content (AvgIpc) is 4.30. The molecule has 0 amide bonds. The number of rotatable bonds is 16. The number of hydrogen-bond donors (Lipinski definition) is 0. The fourth-order valence-corrected chi connectivity index (χ4v) is 11.9. The van der Waals surface area contributed by atoms with E-state index in [0.29, 0.717) is 19.3 Å². The van der Waals surface area contributed by atoms with E-state index in [2.05, 4.69) is 0 Å². The van der Waals surface area contributed by atoms with Gasteiger partial charge in [0.05, 0.1) is 46.3 Å². The van der Waals surface area contributed by atoms with Gasteiger partial charge in [0.2, 0.25) is 0 Å². The van der Waals surface area contributed by atoms with E-state index < -0.39 is 34.7 Å². The maximum atomic E-state index is 12.0. The molecule has 20 nitrogen and oxygen atoms in total. The van der Waals surface area contributed by atoms with Crippen molar-refractivity contribution in [2.24, 2.45) is 70.0 Å². The normalized spacial score (nSPS) is 35.0. The van der Waals surface area contributed by atoms with Gasteiger partial charge in [-0.2, -0.15) is 0 Å². The molecule has 10 rings (SSSR count). The lowest BCUT2D eigenvalue weighted by molar-refractivity contribution is -0.172. The van der Waals surface area contributed by atoms with Crippen LogP contribution >= 0.6 is 0 Å². The Balaban J connectivity index is 0.000000149. The summed E-state index contributed by atoms with van der Waals surface area (Å²) in [5.41, 5.74) is -1.07. The Morgan fingerprint density at radius 2 is 0.921 bits per heavy atom. The summed E-state index contributed by atoms with van der Waals surface area (Å²) in [5.74, 6) is -2.31. The molecule has 20 heteroatoms. The van der Waals surface area contributed by atoms with Crippen LogP contribution in [0.5, 0.6) is 0 Å². The highest BCUT2D eigenvalue weighted by molar-refractivity contribution is 5.81. The maximum Gasteiger partial charge on any atom is 0.344 e. The second kappa shape index (κ2) is 24.2. The number of fused-ring (bicyclic) bond motifs is 6. The molecule has 4 saturated heterocycles. The van der Waals surface area contributed by atoms with E-state index in [4.69, 9.17) is 47.4 Å². The average molecular weight is 1070 g/mol. The van der Waals surface area contributed by atoms with Crippen LogP contribution in [0.3, 0.4) is 0 Å². The first-order chi connectivity index (χ1) is 35.9. The van der Waals surface area contributed by atoms with Gasteiger partial charge >= 0.3 is 59.7 Å². The largest absolute Gasteiger partial charge is 0.458 e. The third-order valence-electron chi connectivity index (χ3n) is 18.1. The molecular formula is C56H80O20. The fraction of sp³-hybridized carbons (Fsp3) is 0.821. The highest BCUT2D eigenvalue weighted by Crippen LogP contribution is 2.56. The molecule has 0 radical (unpaired) electrons. The zero-order chi connectivity index (χ0) is 55.6. The van der Waals surface area contributed by atoms with Crippen LogP contribution in [0.15, 0.2) is 0 Å². The van der Waals surface area contributed by atoms with Gasteiger partial charge in [-0.15, -0.1) is 0 Å². The summed E-state index contributed by atoms with van der Waals surface area (Å²) in [7, 11) is 0. The standard InChI is InChI=1S/C16H22O6.C15H20O6.C13H20O4.C12H18O4/c1-4-16(2,3)15(19)20-7-11(17)21-12-8-5-9-10(6-8)14(18)22-13(9)12;1-3-7(2)14(17)19-6-11(16)20-12-8-4-9-10(5-8)15(18)21-13(9)12;1-4-13(2,3)12(15)17-9-6-5-8-7-10(9)16-11(8)14;1-3-7(2)11(13)15-9-5-4-8-6-10(9)16-12(8)14/h8-10,12-13H,4-7H2,1-3H3;7-10,12-13H,3-6H2,1-2H3;8-10H,4-7H2,1-3H3;7-10H,3-6H2,1-2H3. The van der Waals surface area contributed by atoms with E-state index in [-0.39, 0.29) is 157 Å². The van der Waals surface area contributed by atoms with Crippen molar-refractivity contribution in [2.75, 3.05) is 13.2 Å². The Morgan fingerprint density at radius 1 is 0.500 bits per heavy atom. The molecule has 10 aliphatic rings. The summed E-state index contributed by atoms with van der Waals surface area (Å²) >= 11 is 0. The Kier molecular flexibility index (Phi) is 18.6. The minimum Gasteiger partial charge on any atom is -0.458 e. The van der Waals surface area contributed by atoms with E-state index in [1.807, 2.05) is 48.5 Å². The van der Waals surface area contributed by atoms with Crippen molar-refractivity contribution in [3.05, 3.63) is 0 Å². The summed E-state index contributed by atoms with van der Waals surface area (Å²) in [4.78, 5) is 117. The van der Waals surface area contributed by atoms with Crippen LogP contribution in [-0.4, -0.2) is 122 Å². The van der Waals surface area contributed by atoms with Crippen molar-refractivity contribution >= 4 is 59.7 Å². The molecule has 10 fully saturated rings. The van der Waals surface area contributed by atoms with Crippen LogP contribution in [0.4, 0.5) is 0 Å². The van der Waals surface area contributed by atoms with Crippen LogP contribution in [-0.2, 0) is 95.3 Å². The third-order valence-corrected chi connectivity index (χ3v) is 18.1. The molecule has 76 heavy (non-hydrogen) atoms. The summed E-state index contributed by atoms with van der Waals surface area (Å²) in [5, 5.41) is 0. The number of carbonyl (C=O) groups excluding carboxylic acids is 10. The van der Waals surface area contributed by atoms with Crippen LogP contribution < -0.4 is 0 Å². The Bertz CT molecular complexity index is 2220. The zero-order valence-electron chi connectivity index (χ0n) is 45.9. The number of esters is 10. The number of carbonyl (C=O) groups is 10. The van der Waals surface area contributed by atoms with Crippen molar-refractivity contribution in [2.45, 2.75) is 208 Å². The number of ether oxygens (including phenoxy) is 10. The van der Waals surface area contributed by atoms with Crippen molar-refractivity contribution in [1.82, 2.24) is 0 Å².